The van der Waals surface area contributed by atoms with Crippen LogP contribution in [0.15, 0.2) is 24.3 Å². The molecule has 2 aromatic rings. The number of nitrogens with one attached hydrogen (secondary N) is 1. The van der Waals surface area contributed by atoms with Crippen molar-refractivity contribution in [3.05, 3.63) is 35.0 Å². The summed E-state index contributed by atoms with van der Waals surface area (Å²) in [6.07, 6.45) is 2.91. The first-order valence-corrected chi connectivity index (χ1v) is 7.60. The molecule has 1 fully saturated rings. The van der Waals surface area contributed by atoms with E-state index in [0.717, 1.165) is 29.3 Å². The summed E-state index contributed by atoms with van der Waals surface area (Å²) in [5, 5.41) is 13.0. The van der Waals surface area contributed by atoms with Gasteiger partial charge in [0, 0.05) is 23.3 Å². The van der Waals surface area contributed by atoms with E-state index in [1.165, 1.54) is 23.5 Å². The molecule has 1 saturated carbocycles. The van der Waals surface area contributed by atoms with Crippen LogP contribution in [-0.2, 0) is 0 Å². The Labute approximate surface area is 120 Å². The molecule has 0 spiro atoms. The summed E-state index contributed by atoms with van der Waals surface area (Å²) in [4.78, 5) is 12.8. The topological polar surface area (TPSA) is 49.3 Å². The van der Waals surface area contributed by atoms with Crippen molar-refractivity contribution in [2.75, 3.05) is 6.61 Å². The zero-order chi connectivity index (χ0) is 14.1. The molecule has 2 N–H and O–H groups in total. The quantitative estimate of drug-likeness (QED) is 0.914. The lowest BCUT2D eigenvalue weighted by molar-refractivity contribution is 0.0920. The molecular formula is C15H16FNO2S. The zero-order valence-electron chi connectivity index (χ0n) is 10.9. The average molecular weight is 293 g/mol. The van der Waals surface area contributed by atoms with Crippen LogP contribution in [0.2, 0.25) is 0 Å². The van der Waals surface area contributed by atoms with Gasteiger partial charge in [-0.2, -0.15) is 0 Å². The molecule has 1 aromatic carbocycles. The van der Waals surface area contributed by atoms with Gasteiger partial charge < -0.3 is 10.4 Å². The molecular weight excluding hydrogens is 277 g/mol. The molecule has 1 heterocycles. The highest BCUT2D eigenvalue weighted by molar-refractivity contribution is 7.20. The van der Waals surface area contributed by atoms with Crippen LogP contribution in [0, 0.1) is 11.7 Å². The Bertz CT molecular complexity index is 640. The van der Waals surface area contributed by atoms with E-state index in [-0.39, 0.29) is 30.3 Å². The van der Waals surface area contributed by atoms with Crippen molar-refractivity contribution in [3.8, 4) is 0 Å². The molecule has 0 bridgehead atoms. The molecule has 20 heavy (non-hydrogen) atoms. The summed E-state index contributed by atoms with van der Waals surface area (Å²) in [6, 6.07) is 6.31. The first kappa shape index (κ1) is 13.5. The predicted octanol–water partition coefficient (Wildman–Crippen LogP) is 2.93. The number of rotatable bonds is 3. The van der Waals surface area contributed by atoms with Crippen molar-refractivity contribution in [1.29, 1.82) is 0 Å². The van der Waals surface area contributed by atoms with E-state index in [2.05, 4.69) is 5.32 Å². The van der Waals surface area contributed by atoms with Crippen LogP contribution in [0.25, 0.3) is 10.1 Å². The van der Waals surface area contributed by atoms with E-state index in [9.17, 15) is 14.3 Å². The lowest BCUT2D eigenvalue weighted by Gasteiger charge is -2.18. The molecule has 0 saturated heterocycles. The number of aliphatic hydroxyl groups is 1. The van der Waals surface area contributed by atoms with Crippen LogP contribution >= 0.6 is 11.3 Å². The van der Waals surface area contributed by atoms with Crippen LogP contribution in [-0.4, -0.2) is 23.7 Å². The summed E-state index contributed by atoms with van der Waals surface area (Å²) in [7, 11) is 0. The Morgan fingerprint density at radius 2 is 2.25 bits per heavy atom. The molecule has 106 valence electrons. The monoisotopic (exact) mass is 293 g/mol. The number of aliphatic hydroxyl groups excluding tert-OH is 1. The summed E-state index contributed by atoms with van der Waals surface area (Å²) in [6.45, 7) is 0.114. The number of carbonyl (C=O) groups excluding carboxylic acids is 1. The van der Waals surface area contributed by atoms with E-state index in [1.54, 1.807) is 12.1 Å². The summed E-state index contributed by atoms with van der Waals surface area (Å²) in [5.41, 5.74) is 0. The van der Waals surface area contributed by atoms with Crippen molar-refractivity contribution in [3.63, 3.8) is 0 Å². The molecule has 1 aromatic heterocycles. The fraction of sp³-hybridized carbons (Fsp3) is 0.400. The molecule has 5 heteroatoms. The summed E-state index contributed by atoms with van der Waals surface area (Å²) in [5.74, 6) is -0.263. The van der Waals surface area contributed by atoms with Crippen LogP contribution in [0.1, 0.15) is 28.9 Å². The minimum absolute atomic E-state index is 0.0504. The summed E-state index contributed by atoms with van der Waals surface area (Å²) < 4.78 is 14.1. The zero-order valence-corrected chi connectivity index (χ0v) is 11.8. The van der Waals surface area contributed by atoms with Crippen molar-refractivity contribution >= 4 is 27.3 Å². The largest absolute Gasteiger partial charge is 0.396 e. The van der Waals surface area contributed by atoms with Crippen LogP contribution in [0.3, 0.4) is 0 Å². The van der Waals surface area contributed by atoms with Crippen molar-refractivity contribution in [1.82, 2.24) is 5.32 Å². The molecule has 1 aliphatic carbocycles. The second-order valence-corrected chi connectivity index (χ2v) is 6.33. The van der Waals surface area contributed by atoms with Gasteiger partial charge in [0.2, 0.25) is 0 Å². The van der Waals surface area contributed by atoms with E-state index < -0.39 is 0 Å². The lowest BCUT2D eigenvalue weighted by Crippen LogP contribution is -2.38. The number of fused-ring (bicyclic) bond motifs is 1. The van der Waals surface area contributed by atoms with E-state index in [1.807, 2.05) is 0 Å². The maximum absolute atomic E-state index is 13.1. The molecule has 3 rings (SSSR count). The highest BCUT2D eigenvalue weighted by Gasteiger charge is 2.28. The molecule has 2 unspecified atom stereocenters. The maximum atomic E-state index is 13.1. The Morgan fingerprint density at radius 1 is 1.40 bits per heavy atom. The lowest BCUT2D eigenvalue weighted by atomic mass is 10.1. The first-order chi connectivity index (χ1) is 9.67. The van der Waals surface area contributed by atoms with Gasteiger partial charge in [-0.25, -0.2) is 4.39 Å². The Morgan fingerprint density at radius 3 is 3.05 bits per heavy atom. The van der Waals surface area contributed by atoms with Gasteiger partial charge in [0.25, 0.3) is 5.91 Å². The number of halogens is 1. The van der Waals surface area contributed by atoms with Gasteiger partial charge in [0.1, 0.15) is 5.82 Å². The van der Waals surface area contributed by atoms with Crippen LogP contribution in [0.5, 0.6) is 0 Å². The molecule has 2 atom stereocenters. The van der Waals surface area contributed by atoms with Gasteiger partial charge in [0.05, 0.1) is 4.88 Å². The van der Waals surface area contributed by atoms with Gasteiger partial charge in [0.15, 0.2) is 0 Å². The second-order valence-electron chi connectivity index (χ2n) is 5.25. The average Bonchev–Trinajstić information content (AvgIpc) is 3.04. The third-order valence-corrected chi connectivity index (χ3v) is 5.03. The van der Waals surface area contributed by atoms with E-state index in [4.69, 9.17) is 0 Å². The third kappa shape index (κ3) is 2.55. The van der Waals surface area contributed by atoms with Crippen molar-refractivity contribution in [2.24, 2.45) is 5.92 Å². The van der Waals surface area contributed by atoms with E-state index >= 15 is 0 Å². The number of benzene rings is 1. The van der Waals surface area contributed by atoms with Gasteiger partial charge in [-0.3, -0.25) is 4.79 Å². The van der Waals surface area contributed by atoms with Gasteiger partial charge in [-0.15, -0.1) is 11.3 Å². The Balaban J connectivity index is 1.78. The Kier molecular flexibility index (Phi) is 3.72. The standard InChI is InChI=1S/C15H16FNO2S/c16-11-4-5-13-10(6-11)7-14(20-13)15(19)17-12-3-1-2-9(12)8-18/h4-7,9,12,18H,1-3,8H2,(H,17,19). The van der Waals surface area contributed by atoms with Crippen molar-refractivity contribution < 1.29 is 14.3 Å². The smallest absolute Gasteiger partial charge is 0.261 e. The maximum Gasteiger partial charge on any atom is 0.261 e. The van der Waals surface area contributed by atoms with Gasteiger partial charge in [-0.05, 0) is 42.5 Å². The molecule has 1 aliphatic rings. The minimum Gasteiger partial charge on any atom is -0.396 e. The molecule has 0 radical (unpaired) electrons. The Hall–Kier alpha value is -1.46. The molecule has 1 amide bonds. The van der Waals surface area contributed by atoms with Crippen molar-refractivity contribution in [2.45, 2.75) is 25.3 Å². The van der Waals surface area contributed by atoms with E-state index in [0.29, 0.717) is 4.88 Å². The first-order valence-electron chi connectivity index (χ1n) is 6.78. The predicted molar refractivity (Wildman–Crippen MR) is 77.5 cm³/mol. The summed E-state index contributed by atoms with van der Waals surface area (Å²) >= 11 is 1.37. The minimum atomic E-state index is -0.293. The van der Waals surface area contributed by atoms with Gasteiger partial charge >= 0.3 is 0 Å². The fourth-order valence-electron chi connectivity index (χ4n) is 2.81. The van der Waals surface area contributed by atoms with Gasteiger partial charge in [-0.1, -0.05) is 6.42 Å². The van der Waals surface area contributed by atoms with Crippen LogP contribution in [0.4, 0.5) is 4.39 Å². The highest BCUT2D eigenvalue weighted by Crippen LogP contribution is 2.28. The number of thiophene rings is 1. The number of hydrogen-bond donors (Lipinski definition) is 2. The number of carbonyl (C=O) groups is 1. The molecule has 0 aliphatic heterocycles. The number of amides is 1. The third-order valence-electron chi connectivity index (χ3n) is 3.91. The highest BCUT2D eigenvalue weighted by atomic mass is 32.1. The fourth-order valence-corrected chi connectivity index (χ4v) is 3.76. The number of hydrogen-bond acceptors (Lipinski definition) is 3. The normalized spacial score (nSPS) is 22.3. The second kappa shape index (κ2) is 5.50. The van der Waals surface area contributed by atoms with Crippen LogP contribution < -0.4 is 5.32 Å². The molecule has 3 nitrogen and oxygen atoms in total. The SMILES string of the molecule is O=C(NC1CCCC1CO)c1cc2cc(F)ccc2s1.